The van der Waals surface area contributed by atoms with Crippen molar-refractivity contribution in [2.24, 2.45) is 0 Å². The van der Waals surface area contributed by atoms with Gasteiger partial charge in [-0.15, -0.1) is 0 Å². The second-order valence-corrected chi connectivity index (χ2v) is 2.62. The van der Waals surface area contributed by atoms with Crippen LogP contribution in [-0.2, 0) is 11.3 Å². The number of hydrogen-bond acceptors (Lipinski definition) is 1. The molecule has 12 heavy (non-hydrogen) atoms. The normalized spacial score (nSPS) is 9.75. The van der Waals surface area contributed by atoms with E-state index in [1.807, 2.05) is 30.3 Å². The van der Waals surface area contributed by atoms with Crippen molar-refractivity contribution in [3.63, 3.8) is 0 Å². The summed E-state index contributed by atoms with van der Waals surface area (Å²) in [6.45, 7) is 4.25. The first kappa shape index (κ1) is 9.30. The van der Waals surface area contributed by atoms with E-state index in [1.54, 1.807) is 0 Å². The molecule has 0 saturated heterocycles. The van der Waals surface area contributed by atoms with Crippen LogP contribution in [0.25, 0.3) is 6.08 Å². The maximum atomic E-state index is 5.38. The van der Waals surface area contributed by atoms with Gasteiger partial charge < -0.3 is 4.74 Å². The van der Waals surface area contributed by atoms with Crippen LogP contribution < -0.4 is 0 Å². The first-order valence-electron chi connectivity index (χ1n) is 3.72. The van der Waals surface area contributed by atoms with E-state index in [0.717, 1.165) is 11.1 Å². The van der Waals surface area contributed by atoms with Crippen molar-refractivity contribution < 1.29 is 4.74 Å². The molecule has 64 valence electrons. The van der Waals surface area contributed by atoms with Gasteiger partial charge in [-0.1, -0.05) is 42.5 Å². The molecule has 1 aromatic rings. The van der Waals surface area contributed by atoms with E-state index in [1.165, 1.54) is 0 Å². The van der Waals surface area contributed by atoms with Crippen molar-refractivity contribution in [1.29, 1.82) is 0 Å². The molecule has 0 saturated carbocycles. The van der Waals surface area contributed by atoms with Crippen molar-refractivity contribution in [3.8, 4) is 0 Å². The summed E-state index contributed by atoms with van der Waals surface area (Å²) in [5.74, 6) is 0. The number of ether oxygens (including phenoxy) is 1. The molecule has 0 aliphatic carbocycles. The van der Waals surface area contributed by atoms with Crippen LogP contribution in [0.4, 0.5) is 0 Å². The summed E-state index contributed by atoms with van der Waals surface area (Å²) in [5, 5.41) is 0. The quantitative estimate of drug-likeness (QED) is 0.651. The van der Waals surface area contributed by atoms with E-state index >= 15 is 0 Å². The summed E-state index contributed by atoms with van der Waals surface area (Å²) < 4.78 is 5.05. The molecule has 2 heteroatoms. The van der Waals surface area contributed by atoms with Gasteiger partial charge in [0.1, 0.15) is 6.07 Å². The fourth-order valence-corrected chi connectivity index (χ4v) is 1.04. The molecule has 0 fully saturated rings. The van der Waals surface area contributed by atoms with Gasteiger partial charge in [0, 0.05) is 0 Å². The number of benzene rings is 1. The van der Waals surface area contributed by atoms with Crippen LogP contribution >= 0.6 is 11.6 Å². The summed E-state index contributed by atoms with van der Waals surface area (Å²) in [4.78, 5) is 0. The molecule has 0 unspecified atom stereocenters. The highest BCUT2D eigenvalue weighted by molar-refractivity contribution is 6.17. The summed E-state index contributed by atoms with van der Waals surface area (Å²) >= 11 is 5.38. The predicted octanol–water partition coefficient (Wildman–Crippen LogP) is 3.04. The molecule has 0 N–H and O–H groups in total. The highest BCUT2D eigenvalue weighted by atomic mass is 35.5. The lowest BCUT2D eigenvalue weighted by Gasteiger charge is -2.01. The zero-order valence-corrected chi connectivity index (χ0v) is 7.55. The van der Waals surface area contributed by atoms with E-state index < -0.39 is 0 Å². The van der Waals surface area contributed by atoms with E-state index in [9.17, 15) is 0 Å². The van der Waals surface area contributed by atoms with Gasteiger partial charge in [-0.3, -0.25) is 0 Å². The molecule has 0 aliphatic rings. The molecule has 1 nitrogen and oxygen atoms in total. The van der Waals surface area contributed by atoms with Crippen molar-refractivity contribution in [2.45, 2.75) is 6.61 Å². The Hall–Kier alpha value is -0.790. The SMILES string of the molecule is C=Cc1cccc(COCCl)c1. The molecule has 0 aromatic heterocycles. The molecule has 0 radical (unpaired) electrons. The van der Waals surface area contributed by atoms with E-state index in [-0.39, 0.29) is 6.07 Å². The average molecular weight is 183 g/mol. The zero-order chi connectivity index (χ0) is 8.81. The minimum atomic E-state index is 0.234. The van der Waals surface area contributed by atoms with E-state index in [2.05, 4.69) is 6.58 Å². The maximum Gasteiger partial charge on any atom is 0.121 e. The van der Waals surface area contributed by atoms with Gasteiger partial charge in [-0.2, -0.15) is 0 Å². The van der Waals surface area contributed by atoms with Crippen LogP contribution in [0.5, 0.6) is 0 Å². The monoisotopic (exact) mass is 182 g/mol. The van der Waals surface area contributed by atoms with Gasteiger partial charge in [0.05, 0.1) is 6.61 Å². The van der Waals surface area contributed by atoms with Crippen molar-refractivity contribution in [1.82, 2.24) is 0 Å². The van der Waals surface area contributed by atoms with Crippen LogP contribution in [0.15, 0.2) is 30.8 Å². The number of halogens is 1. The molecule has 1 aromatic carbocycles. The highest BCUT2D eigenvalue weighted by Crippen LogP contribution is 2.07. The lowest BCUT2D eigenvalue weighted by molar-refractivity contribution is 0.165. The smallest absolute Gasteiger partial charge is 0.121 e. The Balaban J connectivity index is 2.66. The van der Waals surface area contributed by atoms with Crippen LogP contribution in [0.1, 0.15) is 11.1 Å². The minimum absolute atomic E-state index is 0.234. The van der Waals surface area contributed by atoms with Gasteiger partial charge in [0.2, 0.25) is 0 Å². The Morgan fingerprint density at radius 2 is 2.33 bits per heavy atom. The third-order valence-electron chi connectivity index (χ3n) is 1.53. The van der Waals surface area contributed by atoms with Crippen molar-refractivity contribution in [2.75, 3.05) is 6.07 Å². The lowest BCUT2D eigenvalue weighted by atomic mass is 10.1. The Morgan fingerprint density at radius 1 is 1.50 bits per heavy atom. The minimum Gasteiger partial charge on any atom is -0.361 e. The Kier molecular flexibility index (Phi) is 3.85. The molecule has 0 spiro atoms. The van der Waals surface area contributed by atoms with Crippen LogP contribution in [0.2, 0.25) is 0 Å². The lowest BCUT2D eigenvalue weighted by Crippen LogP contribution is -1.90. The Labute approximate surface area is 77.6 Å². The summed E-state index contributed by atoms with van der Waals surface area (Å²) in [7, 11) is 0. The summed E-state index contributed by atoms with van der Waals surface area (Å²) in [6.07, 6.45) is 1.81. The average Bonchev–Trinajstić information content (AvgIpc) is 2.15. The van der Waals surface area contributed by atoms with Gasteiger partial charge in [-0.05, 0) is 17.2 Å². The van der Waals surface area contributed by atoms with E-state index in [4.69, 9.17) is 16.3 Å². The Bertz CT molecular complexity index is 258. The molecule has 0 atom stereocenters. The van der Waals surface area contributed by atoms with Gasteiger partial charge >= 0.3 is 0 Å². The van der Waals surface area contributed by atoms with Crippen LogP contribution in [0, 0.1) is 0 Å². The molecular weight excluding hydrogens is 172 g/mol. The zero-order valence-electron chi connectivity index (χ0n) is 6.79. The van der Waals surface area contributed by atoms with Crippen LogP contribution in [-0.4, -0.2) is 6.07 Å². The second-order valence-electron chi connectivity index (χ2n) is 2.41. The van der Waals surface area contributed by atoms with Gasteiger partial charge in [0.15, 0.2) is 0 Å². The fourth-order valence-electron chi connectivity index (χ4n) is 0.966. The highest BCUT2D eigenvalue weighted by Gasteiger charge is 1.92. The molecular formula is C10H11ClO. The first-order chi connectivity index (χ1) is 5.86. The topological polar surface area (TPSA) is 9.23 Å². The van der Waals surface area contributed by atoms with Crippen molar-refractivity contribution >= 4 is 17.7 Å². The molecule has 0 bridgehead atoms. The third kappa shape index (κ3) is 2.68. The third-order valence-corrected chi connectivity index (χ3v) is 1.69. The maximum absolute atomic E-state index is 5.38. The first-order valence-corrected chi connectivity index (χ1v) is 4.25. The van der Waals surface area contributed by atoms with Gasteiger partial charge in [0.25, 0.3) is 0 Å². The fraction of sp³-hybridized carbons (Fsp3) is 0.200. The summed E-state index contributed by atoms with van der Waals surface area (Å²) in [5.41, 5.74) is 2.22. The largest absolute Gasteiger partial charge is 0.361 e. The Morgan fingerprint density at radius 3 is 3.00 bits per heavy atom. The molecule has 0 amide bonds. The standard InChI is InChI=1S/C10H11ClO/c1-2-9-4-3-5-10(6-9)7-12-8-11/h2-6H,1,7-8H2. The van der Waals surface area contributed by atoms with Crippen molar-refractivity contribution in [3.05, 3.63) is 42.0 Å². The number of rotatable bonds is 4. The predicted molar refractivity (Wildman–Crippen MR) is 52.0 cm³/mol. The number of alkyl halides is 1. The molecule has 1 rings (SSSR count). The summed E-state index contributed by atoms with van der Waals surface area (Å²) in [6, 6.07) is 8.23. The molecule has 0 aliphatic heterocycles. The number of hydrogen-bond donors (Lipinski definition) is 0. The van der Waals surface area contributed by atoms with E-state index in [0.29, 0.717) is 6.61 Å². The van der Waals surface area contributed by atoms with Crippen LogP contribution in [0.3, 0.4) is 0 Å². The van der Waals surface area contributed by atoms with Gasteiger partial charge in [-0.25, -0.2) is 0 Å². The second kappa shape index (κ2) is 4.96. The molecule has 0 heterocycles.